The highest BCUT2D eigenvalue weighted by Crippen LogP contribution is 2.27. The second-order valence-corrected chi connectivity index (χ2v) is 5.89. The van der Waals surface area contributed by atoms with Gasteiger partial charge in [-0.15, -0.1) is 0 Å². The number of halogens is 1. The second-order valence-electron chi connectivity index (χ2n) is 3.48. The Bertz CT molecular complexity index is 557. The van der Waals surface area contributed by atoms with E-state index in [0.717, 1.165) is 7.11 Å². The number of anilines is 1. The van der Waals surface area contributed by atoms with Crippen LogP contribution in [0.1, 0.15) is 6.92 Å². The van der Waals surface area contributed by atoms with Gasteiger partial charge >= 0.3 is 5.97 Å². The largest absolute Gasteiger partial charge is 0.508 e. The fourth-order valence-corrected chi connectivity index (χ4v) is 2.41. The van der Waals surface area contributed by atoms with Crippen LogP contribution in [0.4, 0.5) is 5.69 Å². The molecule has 0 aliphatic carbocycles. The third-order valence-electron chi connectivity index (χ3n) is 2.20. The number of carbonyl (C=O) groups excluding carboxylic acids is 1. The summed E-state index contributed by atoms with van der Waals surface area (Å²) in [6.07, 6.45) is 0. The lowest BCUT2D eigenvalue weighted by atomic mass is 10.3. The topological polar surface area (TPSA) is 92.7 Å². The van der Waals surface area contributed by atoms with Gasteiger partial charge in [-0.3, -0.25) is 9.52 Å². The van der Waals surface area contributed by atoms with Crippen molar-refractivity contribution in [2.24, 2.45) is 0 Å². The van der Waals surface area contributed by atoms with E-state index >= 15 is 0 Å². The van der Waals surface area contributed by atoms with Gasteiger partial charge in [-0.1, -0.05) is 11.6 Å². The number of carbonyl (C=O) groups is 1. The number of sulfonamides is 1. The molecular weight excluding hydrogens is 282 g/mol. The molecule has 0 saturated heterocycles. The van der Waals surface area contributed by atoms with Crippen molar-refractivity contribution < 1.29 is 23.1 Å². The second kappa shape index (κ2) is 5.45. The van der Waals surface area contributed by atoms with Crippen molar-refractivity contribution in [3.63, 3.8) is 0 Å². The summed E-state index contributed by atoms with van der Waals surface area (Å²) in [5, 5.41) is 7.79. The molecule has 0 aromatic heterocycles. The third-order valence-corrected chi connectivity index (χ3v) is 4.14. The van der Waals surface area contributed by atoms with Crippen molar-refractivity contribution in [3.8, 4) is 5.75 Å². The maximum Gasteiger partial charge on any atom is 0.325 e. The fourth-order valence-electron chi connectivity index (χ4n) is 1.12. The van der Waals surface area contributed by atoms with E-state index in [1.54, 1.807) is 0 Å². The average molecular weight is 294 g/mol. The molecule has 1 aromatic carbocycles. The Kier molecular flexibility index (Phi) is 4.42. The average Bonchev–Trinajstić information content (AvgIpc) is 2.30. The molecule has 0 heterocycles. The van der Waals surface area contributed by atoms with Crippen LogP contribution in [-0.2, 0) is 19.6 Å². The minimum Gasteiger partial charge on any atom is -0.508 e. The zero-order valence-corrected chi connectivity index (χ0v) is 11.2. The van der Waals surface area contributed by atoms with Crippen molar-refractivity contribution >= 4 is 33.3 Å². The van der Waals surface area contributed by atoms with E-state index in [1.165, 1.54) is 25.1 Å². The zero-order chi connectivity index (χ0) is 13.9. The van der Waals surface area contributed by atoms with Crippen LogP contribution in [0, 0.1) is 0 Å². The number of esters is 1. The molecular formula is C10H12ClNO5S. The number of ether oxygens (including phenoxy) is 1. The molecule has 6 nitrogen and oxygen atoms in total. The van der Waals surface area contributed by atoms with Crippen molar-refractivity contribution in [1.82, 2.24) is 0 Å². The SMILES string of the molecule is COC(=O)C(C)S(=O)(=O)Nc1ccc(O)cc1Cl. The van der Waals surface area contributed by atoms with Crippen molar-refractivity contribution in [2.45, 2.75) is 12.2 Å². The van der Waals surface area contributed by atoms with Gasteiger partial charge in [-0.25, -0.2) is 8.42 Å². The first-order valence-electron chi connectivity index (χ1n) is 4.86. The summed E-state index contributed by atoms with van der Waals surface area (Å²) in [5.74, 6) is -0.971. The first kappa shape index (κ1) is 14.6. The molecule has 0 saturated carbocycles. The summed E-state index contributed by atoms with van der Waals surface area (Å²) in [5.41, 5.74) is 0.0743. The van der Waals surface area contributed by atoms with Gasteiger partial charge < -0.3 is 9.84 Å². The van der Waals surface area contributed by atoms with Crippen LogP contribution < -0.4 is 4.72 Å². The minimum absolute atomic E-state index is 0.0237. The predicted octanol–water partition coefficient (Wildman–Crippen LogP) is 1.35. The van der Waals surface area contributed by atoms with E-state index < -0.39 is 21.2 Å². The standard InChI is InChI=1S/C10H12ClNO5S/c1-6(10(14)17-2)18(15,16)12-9-4-3-7(13)5-8(9)11/h3-6,12-13H,1-2H3. The highest BCUT2D eigenvalue weighted by molar-refractivity contribution is 7.94. The molecule has 100 valence electrons. The van der Waals surface area contributed by atoms with E-state index in [4.69, 9.17) is 16.7 Å². The number of nitrogens with one attached hydrogen (secondary N) is 1. The van der Waals surface area contributed by atoms with Gasteiger partial charge in [0.05, 0.1) is 17.8 Å². The fraction of sp³-hybridized carbons (Fsp3) is 0.300. The summed E-state index contributed by atoms with van der Waals surface area (Å²) in [6, 6.07) is 3.74. The van der Waals surface area contributed by atoms with Crippen LogP contribution in [-0.4, -0.2) is 31.9 Å². The van der Waals surface area contributed by atoms with Crippen molar-refractivity contribution in [1.29, 1.82) is 0 Å². The Morgan fingerprint density at radius 3 is 2.61 bits per heavy atom. The Morgan fingerprint density at radius 1 is 1.50 bits per heavy atom. The molecule has 2 N–H and O–H groups in total. The van der Waals surface area contributed by atoms with E-state index in [-0.39, 0.29) is 16.5 Å². The number of hydrogen-bond acceptors (Lipinski definition) is 5. The monoisotopic (exact) mass is 293 g/mol. The van der Waals surface area contributed by atoms with E-state index in [9.17, 15) is 13.2 Å². The predicted molar refractivity (Wildman–Crippen MR) is 67.1 cm³/mol. The van der Waals surface area contributed by atoms with Crippen LogP contribution in [0.25, 0.3) is 0 Å². The molecule has 0 bridgehead atoms. The molecule has 1 rings (SSSR count). The maximum atomic E-state index is 11.8. The smallest absolute Gasteiger partial charge is 0.325 e. The number of aromatic hydroxyl groups is 1. The molecule has 0 aliphatic rings. The molecule has 0 aliphatic heterocycles. The molecule has 0 amide bonds. The molecule has 1 aromatic rings. The molecule has 0 spiro atoms. The summed E-state index contributed by atoms with van der Waals surface area (Å²) in [6.45, 7) is 1.20. The lowest BCUT2D eigenvalue weighted by molar-refractivity contribution is -0.139. The number of phenolic OH excluding ortho intramolecular Hbond substituents is 1. The van der Waals surface area contributed by atoms with Gasteiger partial charge in [-0.2, -0.15) is 0 Å². The van der Waals surface area contributed by atoms with Crippen LogP contribution in [0.5, 0.6) is 5.75 Å². The van der Waals surface area contributed by atoms with Gasteiger partial charge in [0.1, 0.15) is 5.75 Å². The van der Waals surface area contributed by atoms with Gasteiger partial charge in [0, 0.05) is 6.07 Å². The highest BCUT2D eigenvalue weighted by Gasteiger charge is 2.29. The third kappa shape index (κ3) is 3.27. The van der Waals surface area contributed by atoms with Crippen molar-refractivity contribution in [2.75, 3.05) is 11.8 Å². The van der Waals surface area contributed by atoms with E-state index in [0.29, 0.717) is 0 Å². The van der Waals surface area contributed by atoms with Crippen molar-refractivity contribution in [3.05, 3.63) is 23.2 Å². The minimum atomic E-state index is -3.95. The van der Waals surface area contributed by atoms with E-state index in [2.05, 4.69) is 9.46 Å². The molecule has 18 heavy (non-hydrogen) atoms. The Labute approximate surface area is 110 Å². The number of methoxy groups -OCH3 is 1. The Morgan fingerprint density at radius 2 is 2.11 bits per heavy atom. The summed E-state index contributed by atoms with van der Waals surface area (Å²) < 4.78 is 30.1. The number of rotatable bonds is 4. The van der Waals surface area contributed by atoms with E-state index in [1.807, 2.05) is 0 Å². The van der Waals surface area contributed by atoms with Crippen LogP contribution in [0.15, 0.2) is 18.2 Å². The molecule has 0 radical (unpaired) electrons. The lowest BCUT2D eigenvalue weighted by Gasteiger charge is -2.13. The zero-order valence-electron chi connectivity index (χ0n) is 9.68. The summed E-state index contributed by atoms with van der Waals surface area (Å²) >= 11 is 5.75. The lowest BCUT2D eigenvalue weighted by Crippen LogP contribution is -2.33. The molecule has 1 unspecified atom stereocenters. The Balaban J connectivity index is 2.99. The first-order chi connectivity index (χ1) is 8.27. The van der Waals surface area contributed by atoms with Gasteiger partial charge in [-0.05, 0) is 19.1 Å². The number of benzene rings is 1. The normalized spacial score (nSPS) is 12.8. The Hall–Kier alpha value is -1.47. The maximum absolute atomic E-state index is 11.8. The van der Waals surface area contributed by atoms with Gasteiger partial charge in [0.15, 0.2) is 5.25 Å². The quantitative estimate of drug-likeness (QED) is 0.646. The van der Waals surface area contributed by atoms with Gasteiger partial charge in [0.25, 0.3) is 0 Å². The van der Waals surface area contributed by atoms with Crippen LogP contribution in [0.3, 0.4) is 0 Å². The molecule has 0 fully saturated rings. The van der Waals surface area contributed by atoms with Crippen LogP contribution >= 0.6 is 11.6 Å². The molecule has 1 atom stereocenters. The highest BCUT2D eigenvalue weighted by atomic mass is 35.5. The molecule has 8 heteroatoms. The van der Waals surface area contributed by atoms with Gasteiger partial charge in [0.2, 0.25) is 10.0 Å². The summed E-state index contributed by atoms with van der Waals surface area (Å²) in [7, 11) is -2.85. The van der Waals surface area contributed by atoms with Crippen LogP contribution in [0.2, 0.25) is 5.02 Å². The summed E-state index contributed by atoms with van der Waals surface area (Å²) in [4.78, 5) is 11.2. The number of phenols is 1. The first-order valence-corrected chi connectivity index (χ1v) is 6.78. The number of hydrogen-bond donors (Lipinski definition) is 2.